The fraction of sp³-hybridized carbons (Fsp3) is 0.467. The lowest BCUT2D eigenvalue weighted by Crippen LogP contribution is -2.45. The molecule has 13 heteroatoms. The molecule has 10 nitrogen and oxygen atoms in total. The van der Waals surface area contributed by atoms with Crippen molar-refractivity contribution in [1.29, 1.82) is 0 Å². The predicted octanol–water partition coefficient (Wildman–Crippen LogP) is 4.91. The van der Waals surface area contributed by atoms with E-state index in [1.165, 1.54) is 12.1 Å². The van der Waals surface area contributed by atoms with Gasteiger partial charge in [-0.1, -0.05) is 12.1 Å². The highest BCUT2D eigenvalue weighted by atomic mass is 19.4. The second kappa shape index (κ2) is 14.3. The van der Waals surface area contributed by atoms with E-state index in [1.807, 2.05) is 0 Å². The number of benzene rings is 2. The van der Waals surface area contributed by atoms with Crippen LogP contribution in [0.5, 0.6) is 5.75 Å². The number of hydrogen-bond acceptors (Lipinski definition) is 5. The first-order valence-corrected chi connectivity index (χ1v) is 14.3. The predicted molar refractivity (Wildman–Crippen MR) is 150 cm³/mol. The number of carboxylic acids is 1. The van der Waals surface area contributed by atoms with Gasteiger partial charge in [0.2, 0.25) is 5.91 Å². The summed E-state index contributed by atoms with van der Waals surface area (Å²) in [4.78, 5) is 50.7. The van der Waals surface area contributed by atoms with Crippen molar-refractivity contribution >= 4 is 29.5 Å². The molecule has 4 amide bonds. The van der Waals surface area contributed by atoms with Gasteiger partial charge in [-0.15, -0.1) is 13.2 Å². The van der Waals surface area contributed by atoms with Crippen LogP contribution in [-0.4, -0.2) is 59.3 Å². The first kappa shape index (κ1) is 31.6. The SMILES string of the molecule is O=C(O)CCNC(=O)c1ccc(CN(C(=O)Nc2ccc(OC(F)(F)F)cc2)C2CCC(C(=O)NCC3CC3)CC2)cc1. The smallest absolute Gasteiger partial charge is 0.481 e. The molecule has 2 aliphatic rings. The molecular weight excluding hydrogens is 569 g/mol. The van der Waals surface area contributed by atoms with E-state index < -0.39 is 30.0 Å². The number of hydrogen-bond donors (Lipinski definition) is 4. The number of urea groups is 1. The monoisotopic (exact) mass is 604 g/mol. The Hall–Kier alpha value is -4.29. The molecule has 232 valence electrons. The van der Waals surface area contributed by atoms with Crippen molar-refractivity contribution in [3.8, 4) is 5.75 Å². The van der Waals surface area contributed by atoms with E-state index in [-0.39, 0.29) is 43.1 Å². The van der Waals surface area contributed by atoms with Crippen molar-refractivity contribution in [3.63, 3.8) is 0 Å². The summed E-state index contributed by atoms with van der Waals surface area (Å²) in [5.41, 5.74) is 1.35. The zero-order valence-electron chi connectivity index (χ0n) is 23.5. The number of ether oxygens (including phenoxy) is 1. The quantitative estimate of drug-likeness (QED) is 0.272. The number of anilines is 1. The second-order valence-corrected chi connectivity index (χ2v) is 10.9. The lowest BCUT2D eigenvalue weighted by molar-refractivity contribution is -0.274. The lowest BCUT2D eigenvalue weighted by atomic mass is 9.84. The summed E-state index contributed by atoms with van der Waals surface area (Å²) in [6, 6.07) is 10.8. The number of nitrogens with zero attached hydrogens (tertiary/aromatic N) is 1. The Morgan fingerprint density at radius 2 is 1.53 bits per heavy atom. The summed E-state index contributed by atoms with van der Waals surface area (Å²) >= 11 is 0. The second-order valence-electron chi connectivity index (χ2n) is 10.9. The topological polar surface area (TPSA) is 137 Å². The van der Waals surface area contributed by atoms with Gasteiger partial charge in [-0.2, -0.15) is 0 Å². The van der Waals surface area contributed by atoms with Gasteiger partial charge >= 0.3 is 18.4 Å². The minimum Gasteiger partial charge on any atom is -0.481 e. The van der Waals surface area contributed by atoms with Gasteiger partial charge in [0.15, 0.2) is 0 Å². The molecule has 43 heavy (non-hydrogen) atoms. The van der Waals surface area contributed by atoms with Crippen molar-refractivity contribution < 1.29 is 42.2 Å². The molecule has 0 atom stereocenters. The summed E-state index contributed by atoms with van der Waals surface area (Å²) in [5, 5.41) is 17.1. The van der Waals surface area contributed by atoms with Gasteiger partial charge in [0.05, 0.1) is 6.42 Å². The number of halogens is 3. The van der Waals surface area contributed by atoms with Crippen LogP contribution < -0.4 is 20.7 Å². The Bertz CT molecular complexity index is 1270. The van der Waals surface area contributed by atoms with Gasteiger partial charge in [0.25, 0.3) is 5.91 Å². The minimum absolute atomic E-state index is 0.00550. The van der Waals surface area contributed by atoms with Crippen LogP contribution in [0.4, 0.5) is 23.7 Å². The van der Waals surface area contributed by atoms with Crippen molar-refractivity contribution in [1.82, 2.24) is 15.5 Å². The standard InChI is InChI=1S/C30H35F3N4O6/c31-30(32,33)43-25-13-9-23(10-14-25)36-29(42)37(24-11-7-22(8-12-24)28(41)35-17-19-1-2-19)18-20-3-5-21(6-4-20)27(40)34-16-15-26(38)39/h3-6,9-10,13-14,19,22,24H,1-2,7-8,11-12,15-18H2,(H,34,40)(H,35,41)(H,36,42)(H,38,39). The van der Waals surface area contributed by atoms with Crippen molar-refractivity contribution in [2.45, 2.75) is 63.9 Å². The number of carboxylic acid groups (broad SMARTS) is 1. The molecule has 2 aromatic rings. The van der Waals surface area contributed by atoms with E-state index in [0.717, 1.165) is 30.5 Å². The third kappa shape index (κ3) is 10.2. The molecule has 0 aliphatic heterocycles. The summed E-state index contributed by atoms with van der Waals surface area (Å²) in [6.07, 6.45) is -0.320. The average molecular weight is 605 g/mol. The number of aliphatic carboxylic acids is 1. The molecule has 0 unspecified atom stereocenters. The first-order chi connectivity index (χ1) is 20.5. The lowest BCUT2D eigenvalue weighted by Gasteiger charge is -2.36. The summed E-state index contributed by atoms with van der Waals surface area (Å²) in [7, 11) is 0. The number of amides is 4. The maximum atomic E-state index is 13.5. The van der Waals surface area contributed by atoms with Crippen molar-refractivity contribution in [2.75, 3.05) is 18.4 Å². The molecule has 2 aromatic carbocycles. The highest BCUT2D eigenvalue weighted by molar-refractivity contribution is 5.94. The molecule has 0 heterocycles. The number of carbonyl (C=O) groups is 4. The maximum absolute atomic E-state index is 13.5. The van der Waals surface area contributed by atoms with Gasteiger partial charge < -0.3 is 30.7 Å². The normalized spacial score (nSPS) is 18.3. The van der Waals surface area contributed by atoms with E-state index in [0.29, 0.717) is 43.7 Å². The molecular formula is C30H35F3N4O6. The third-order valence-corrected chi connectivity index (χ3v) is 7.56. The molecule has 0 radical (unpaired) electrons. The molecule has 2 fully saturated rings. The van der Waals surface area contributed by atoms with Gasteiger partial charge in [-0.3, -0.25) is 14.4 Å². The van der Waals surface area contributed by atoms with Gasteiger partial charge in [-0.25, -0.2) is 4.79 Å². The number of nitrogens with one attached hydrogen (secondary N) is 3. The van der Waals surface area contributed by atoms with Gasteiger partial charge in [0.1, 0.15) is 5.75 Å². The van der Waals surface area contributed by atoms with E-state index in [9.17, 15) is 32.3 Å². The highest BCUT2D eigenvalue weighted by Gasteiger charge is 2.33. The van der Waals surface area contributed by atoms with E-state index in [1.54, 1.807) is 29.2 Å². The molecule has 0 saturated heterocycles. The molecule has 4 N–H and O–H groups in total. The number of carbonyl (C=O) groups excluding carboxylic acids is 3. The van der Waals surface area contributed by atoms with Crippen LogP contribution in [0.25, 0.3) is 0 Å². The van der Waals surface area contributed by atoms with Crippen LogP contribution in [0.1, 0.15) is 60.9 Å². The zero-order valence-corrected chi connectivity index (χ0v) is 23.5. The Morgan fingerprint density at radius 1 is 0.884 bits per heavy atom. The summed E-state index contributed by atoms with van der Waals surface area (Å²) in [5.74, 6) is -1.35. The van der Waals surface area contributed by atoms with Crippen LogP contribution in [0.2, 0.25) is 0 Å². The molecule has 2 aliphatic carbocycles. The van der Waals surface area contributed by atoms with Crippen LogP contribution in [-0.2, 0) is 16.1 Å². The molecule has 0 bridgehead atoms. The maximum Gasteiger partial charge on any atom is 0.573 e. The van der Waals surface area contributed by atoms with Crippen molar-refractivity contribution in [2.24, 2.45) is 11.8 Å². The van der Waals surface area contributed by atoms with E-state index in [2.05, 4.69) is 20.7 Å². The van der Waals surface area contributed by atoms with Crippen LogP contribution in [0.15, 0.2) is 48.5 Å². The van der Waals surface area contributed by atoms with Crippen LogP contribution in [0.3, 0.4) is 0 Å². The Morgan fingerprint density at radius 3 is 2.12 bits per heavy atom. The Balaban J connectivity index is 1.41. The first-order valence-electron chi connectivity index (χ1n) is 14.3. The number of alkyl halides is 3. The van der Waals surface area contributed by atoms with E-state index >= 15 is 0 Å². The molecule has 0 aromatic heterocycles. The average Bonchev–Trinajstić information content (AvgIpc) is 3.80. The Labute approximate surface area is 247 Å². The fourth-order valence-electron chi connectivity index (χ4n) is 5.01. The summed E-state index contributed by atoms with van der Waals surface area (Å²) < 4.78 is 41.4. The van der Waals surface area contributed by atoms with Crippen LogP contribution >= 0.6 is 0 Å². The van der Waals surface area contributed by atoms with Gasteiger partial charge in [0, 0.05) is 42.8 Å². The Kier molecular flexibility index (Phi) is 10.5. The van der Waals surface area contributed by atoms with Crippen LogP contribution in [0, 0.1) is 11.8 Å². The highest BCUT2D eigenvalue weighted by Crippen LogP contribution is 2.31. The largest absolute Gasteiger partial charge is 0.573 e. The molecule has 4 rings (SSSR count). The molecule has 2 saturated carbocycles. The third-order valence-electron chi connectivity index (χ3n) is 7.56. The minimum atomic E-state index is -4.83. The van der Waals surface area contributed by atoms with E-state index in [4.69, 9.17) is 5.11 Å². The number of rotatable bonds is 12. The van der Waals surface area contributed by atoms with Gasteiger partial charge in [-0.05, 0) is 86.4 Å². The molecule has 0 spiro atoms. The fourth-order valence-corrected chi connectivity index (χ4v) is 5.01. The summed E-state index contributed by atoms with van der Waals surface area (Å²) in [6.45, 7) is 0.882. The van der Waals surface area contributed by atoms with Crippen molar-refractivity contribution in [3.05, 3.63) is 59.7 Å². The zero-order chi connectivity index (χ0) is 31.0.